The number of ether oxygens (including phenoxy) is 1. The molecule has 2 N–H and O–H groups in total. The van der Waals surface area contributed by atoms with Gasteiger partial charge in [0.2, 0.25) is 5.91 Å². The summed E-state index contributed by atoms with van der Waals surface area (Å²) in [4.78, 5) is 24.0. The fourth-order valence-electron chi connectivity index (χ4n) is 3.27. The van der Waals surface area contributed by atoms with Gasteiger partial charge in [-0.05, 0) is 51.0 Å². The van der Waals surface area contributed by atoms with Crippen LogP contribution in [-0.4, -0.2) is 32.1 Å². The van der Waals surface area contributed by atoms with Crippen LogP contribution in [0.3, 0.4) is 0 Å². The highest BCUT2D eigenvalue weighted by Crippen LogP contribution is 2.34. The van der Waals surface area contributed by atoms with E-state index in [-0.39, 0.29) is 29.7 Å². The number of nitrogens with one attached hydrogen (secondary N) is 2. The smallest absolute Gasteiger partial charge is 0.262 e. The Morgan fingerprint density at radius 2 is 1.90 bits per heavy atom. The quantitative estimate of drug-likeness (QED) is 0.780. The molecule has 0 radical (unpaired) electrons. The molecule has 0 aromatic heterocycles. The van der Waals surface area contributed by atoms with Crippen molar-refractivity contribution in [1.29, 1.82) is 0 Å². The van der Waals surface area contributed by atoms with Crippen LogP contribution in [0.4, 0.5) is 11.4 Å². The first-order chi connectivity index (χ1) is 13.6. The van der Waals surface area contributed by atoms with Gasteiger partial charge in [-0.2, -0.15) is 0 Å². The summed E-state index contributed by atoms with van der Waals surface area (Å²) >= 11 is 0. The number of carbonyl (C=O) groups is 2. The van der Waals surface area contributed by atoms with E-state index in [1.165, 1.54) is 13.0 Å². The maximum atomic E-state index is 13.1. The van der Waals surface area contributed by atoms with Crippen LogP contribution in [-0.2, 0) is 19.4 Å². The van der Waals surface area contributed by atoms with Gasteiger partial charge < -0.3 is 15.4 Å². The fourth-order valence-corrected chi connectivity index (χ4v) is 4.85. The number of hydrogen-bond donors (Lipinski definition) is 2. The van der Waals surface area contributed by atoms with Crippen molar-refractivity contribution in [3.05, 3.63) is 47.0 Å². The lowest BCUT2D eigenvalue weighted by molar-refractivity contribution is -0.118. The van der Waals surface area contributed by atoms with E-state index in [9.17, 15) is 18.0 Å². The summed E-state index contributed by atoms with van der Waals surface area (Å²) in [5, 5.41) is 4.51. The van der Waals surface area contributed by atoms with Crippen LogP contribution in [0.25, 0.3) is 0 Å². The molecule has 0 saturated carbocycles. The van der Waals surface area contributed by atoms with Crippen LogP contribution in [0.15, 0.2) is 35.2 Å². The van der Waals surface area contributed by atoms with Gasteiger partial charge in [0.25, 0.3) is 5.91 Å². The number of anilines is 2. The standard InChI is InChI=1S/C21H24N2O5S/c1-12-5-6-16(13(2)7-12)22-20(24)9-15(4)29(26,27)19-10-18-17(8-14(19)3)23-21(25)11-28-18/h5-8,10,15H,9,11H2,1-4H3,(H,22,24)(H,23,25). The van der Waals surface area contributed by atoms with Gasteiger partial charge in [-0.15, -0.1) is 0 Å². The van der Waals surface area contributed by atoms with Crippen molar-refractivity contribution in [2.45, 2.75) is 44.3 Å². The van der Waals surface area contributed by atoms with Crippen molar-refractivity contribution < 1.29 is 22.7 Å². The molecule has 0 bridgehead atoms. The average Bonchev–Trinajstić information content (AvgIpc) is 2.63. The number of amides is 2. The molecular formula is C21H24N2O5S. The van der Waals surface area contributed by atoms with Gasteiger partial charge in [-0.3, -0.25) is 9.59 Å². The minimum Gasteiger partial charge on any atom is -0.482 e. The lowest BCUT2D eigenvalue weighted by Gasteiger charge is -2.21. The lowest BCUT2D eigenvalue weighted by Crippen LogP contribution is -2.27. The van der Waals surface area contributed by atoms with E-state index in [0.29, 0.717) is 22.7 Å². The van der Waals surface area contributed by atoms with E-state index in [1.54, 1.807) is 19.1 Å². The summed E-state index contributed by atoms with van der Waals surface area (Å²) in [5.74, 6) is -0.350. The van der Waals surface area contributed by atoms with Gasteiger partial charge in [0.1, 0.15) is 5.75 Å². The zero-order valence-corrected chi connectivity index (χ0v) is 17.6. The molecule has 1 aliphatic heterocycles. The van der Waals surface area contributed by atoms with Crippen molar-refractivity contribution in [1.82, 2.24) is 0 Å². The first-order valence-corrected chi connectivity index (χ1v) is 10.8. The van der Waals surface area contributed by atoms with Crippen LogP contribution in [0, 0.1) is 20.8 Å². The lowest BCUT2D eigenvalue weighted by atomic mass is 10.1. The Balaban J connectivity index is 1.78. The third kappa shape index (κ3) is 4.42. The van der Waals surface area contributed by atoms with Crippen molar-refractivity contribution in [3.8, 4) is 5.75 Å². The second kappa shape index (κ2) is 7.87. The second-order valence-electron chi connectivity index (χ2n) is 7.38. The summed E-state index contributed by atoms with van der Waals surface area (Å²) < 4.78 is 31.5. The Morgan fingerprint density at radius 3 is 2.59 bits per heavy atom. The molecule has 0 aliphatic carbocycles. The topological polar surface area (TPSA) is 102 Å². The molecule has 2 amide bonds. The molecule has 154 valence electrons. The minimum absolute atomic E-state index is 0.0965. The monoisotopic (exact) mass is 416 g/mol. The van der Waals surface area contributed by atoms with E-state index < -0.39 is 15.1 Å². The molecule has 2 aromatic rings. The summed E-state index contributed by atoms with van der Waals surface area (Å²) in [7, 11) is -3.77. The highest BCUT2D eigenvalue weighted by molar-refractivity contribution is 7.92. The second-order valence-corrected chi connectivity index (χ2v) is 9.71. The zero-order valence-electron chi connectivity index (χ0n) is 16.8. The Bertz CT molecular complexity index is 1090. The number of aryl methyl sites for hydroxylation is 3. The third-order valence-electron chi connectivity index (χ3n) is 4.88. The van der Waals surface area contributed by atoms with Crippen molar-refractivity contribution in [3.63, 3.8) is 0 Å². The molecule has 7 nitrogen and oxygen atoms in total. The number of benzene rings is 2. The maximum Gasteiger partial charge on any atom is 0.262 e. The predicted molar refractivity (Wildman–Crippen MR) is 111 cm³/mol. The average molecular weight is 416 g/mol. The van der Waals surface area contributed by atoms with Gasteiger partial charge in [0, 0.05) is 18.2 Å². The molecule has 0 fully saturated rings. The number of rotatable bonds is 5. The van der Waals surface area contributed by atoms with E-state index >= 15 is 0 Å². The number of sulfone groups is 1. The van der Waals surface area contributed by atoms with Crippen LogP contribution < -0.4 is 15.4 Å². The van der Waals surface area contributed by atoms with E-state index in [1.807, 2.05) is 26.0 Å². The van der Waals surface area contributed by atoms with Crippen LogP contribution in [0.2, 0.25) is 0 Å². The zero-order chi connectivity index (χ0) is 21.3. The van der Waals surface area contributed by atoms with Gasteiger partial charge in [0.15, 0.2) is 16.4 Å². The molecule has 1 heterocycles. The molecule has 1 unspecified atom stereocenters. The predicted octanol–water partition coefficient (Wildman–Crippen LogP) is 3.13. The highest BCUT2D eigenvalue weighted by Gasteiger charge is 2.29. The van der Waals surface area contributed by atoms with Crippen LogP contribution in [0.5, 0.6) is 5.75 Å². The maximum absolute atomic E-state index is 13.1. The molecule has 1 aliphatic rings. The Hall–Kier alpha value is -2.87. The SMILES string of the molecule is Cc1ccc(NC(=O)CC(C)S(=O)(=O)c2cc3c(cc2C)NC(=O)CO3)c(C)c1. The van der Waals surface area contributed by atoms with Crippen molar-refractivity contribution in [2.24, 2.45) is 0 Å². The number of fused-ring (bicyclic) bond motifs is 1. The number of hydrogen-bond acceptors (Lipinski definition) is 5. The minimum atomic E-state index is -3.77. The van der Waals surface area contributed by atoms with E-state index in [2.05, 4.69) is 10.6 Å². The van der Waals surface area contributed by atoms with Gasteiger partial charge in [-0.1, -0.05) is 17.7 Å². The molecule has 29 heavy (non-hydrogen) atoms. The molecule has 0 spiro atoms. The molecule has 0 saturated heterocycles. The molecule has 2 aromatic carbocycles. The van der Waals surface area contributed by atoms with Crippen molar-refractivity contribution in [2.75, 3.05) is 17.2 Å². The Labute approximate surface area is 170 Å². The Morgan fingerprint density at radius 1 is 1.17 bits per heavy atom. The summed E-state index contributed by atoms with van der Waals surface area (Å²) in [5.41, 5.74) is 3.59. The fraction of sp³-hybridized carbons (Fsp3) is 0.333. The Kier molecular flexibility index (Phi) is 5.66. The molecule has 8 heteroatoms. The van der Waals surface area contributed by atoms with Crippen LogP contribution >= 0.6 is 0 Å². The summed E-state index contributed by atoms with van der Waals surface area (Å²) in [6.07, 6.45) is -0.177. The van der Waals surface area contributed by atoms with Gasteiger partial charge in [-0.25, -0.2) is 8.42 Å². The van der Waals surface area contributed by atoms with E-state index in [4.69, 9.17) is 4.74 Å². The highest BCUT2D eigenvalue weighted by atomic mass is 32.2. The first-order valence-electron chi connectivity index (χ1n) is 9.26. The van der Waals surface area contributed by atoms with Gasteiger partial charge in [0.05, 0.1) is 15.8 Å². The molecule has 3 rings (SSSR count). The van der Waals surface area contributed by atoms with Crippen LogP contribution in [0.1, 0.15) is 30.0 Å². The third-order valence-corrected chi connectivity index (χ3v) is 7.15. The molecular weight excluding hydrogens is 392 g/mol. The first kappa shape index (κ1) is 20.9. The normalized spacial score (nSPS) is 14.4. The summed E-state index contributed by atoms with van der Waals surface area (Å²) in [6, 6.07) is 8.63. The van der Waals surface area contributed by atoms with Crippen molar-refractivity contribution >= 4 is 33.0 Å². The van der Waals surface area contributed by atoms with E-state index in [0.717, 1.165) is 11.1 Å². The van der Waals surface area contributed by atoms with Gasteiger partial charge >= 0.3 is 0 Å². The summed E-state index contributed by atoms with van der Waals surface area (Å²) in [6.45, 7) is 6.85. The largest absolute Gasteiger partial charge is 0.482 e. The number of carbonyl (C=O) groups excluding carboxylic acids is 2. The molecule has 1 atom stereocenters.